The van der Waals surface area contributed by atoms with Crippen LogP contribution in [0.15, 0.2) is 24.3 Å². The van der Waals surface area contributed by atoms with Crippen LogP contribution in [0.3, 0.4) is 0 Å². The van der Waals surface area contributed by atoms with Crippen molar-refractivity contribution in [3.8, 4) is 0 Å². The van der Waals surface area contributed by atoms with Crippen molar-refractivity contribution in [1.29, 1.82) is 0 Å². The molecule has 2 N–H and O–H groups in total. The number of aryl methyl sites for hydroxylation is 1. The van der Waals surface area contributed by atoms with Crippen LogP contribution in [-0.4, -0.2) is 12.3 Å². The first kappa shape index (κ1) is 11.9. The first-order valence-corrected chi connectivity index (χ1v) is 5.29. The van der Waals surface area contributed by atoms with Crippen LogP contribution in [0, 0.1) is 12.3 Å². The van der Waals surface area contributed by atoms with E-state index in [2.05, 4.69) is 0 Å². The summed E-state index contributed by atoms with van der Waals surface area (Å²) in [7, 11) is 0. The highest BCUT2D eigenvalue weighted by Crippen LogP contribution is 2.25. The molecule has 0 aromatic heterocycles. The Hall–Kier alpha value is -1.15. The fourth-order valence-electron chi connectivity index (χ4n) is 1.65. The molecule has 0 saturated heterocycles. The highest BCUT2D eigenvalue weighted by molar-refractivity contribution is 6.00. The number of benzene rings is 1. The van der Waals surface area contributed by atoms with Gasteiger partial charge in [-0.25, -0.2) is 0 Å². The summed E-state index contributed by atoms with van der Waals surface area (Å²) in [6.07, 6.45) is 0.722. The highest BCUT2D eigenvalue weighted by Gasteiger charge is 2.27. The van der Waals surface area contributed by atoms with E-state index in [4.69, 9.17) is 5.73 Å². The van der Waals surface area contributed by atoms with Crippen molar-refractivity contribution in [3.63, 3.8) is 0 Å². The van der Waals surface area contributed by atoms with Crippen LogP contribution in [0.1, 0.15) is 36.2 Å². The summed E-state index contributed by atoms with van der Waals surface area (Å²) < 4.78 is 0. The van der Waals surface area contributed by atoms with Crippen molar-refractivity contribution in [2.75, 3.05) is 6.54 Å². The smallest absolute Gasteiger partial charge is 0.168 e. The third-order valence-corrected chi connectivity index (χ3v) is 2.66. The Bertz CT molecular complexity index is 355. The molecule has 0 heterocycles. The van der Waals surface area contributed by atoms with E-state index in [-0.39, 0.29) is 11.2 Å². The summed E-state index contributed by atoms with van der Waals surface area (Å²) in [5, 5.41) is 0. The second-order valence-corrected chi connectivity index (χ2v) is 4.62. The molecule has 0 aliphatic carbocycles. The molecule has 15 heavy (non-hydrogen) atoms. The molecule has 0 aliphatic heterocycles. The Morgan fingerprint density at radius 3 is 2.60 bits per heavy atom. The Labute approximate surface area is 91.5 Å². The Morgan fingerprint density at radius 2 is 2.07 bits per heavy atom. The monoisotopic (exact) mass is 205 g/mol. The molecular formula is C13H19NO. The summed E-state index contributed by atoms with van der Waals surface area (Å²) in [6, 6.07) is 7.71. The molecule has 0 atom stereocenters. The molecule has 0 bridgehead atoms. The van der Waals surface area contributed by atoms with Crippen molar-refractivity contribution in [1.82, 2.24) is 0 Å². The number of hydrogen-bond donors (Lipinski definition) is 1. The minimum Gasteiger partial charge on any atom is -0.330 e. The fraction of sp³-hybridized carbons (Fsp3) is 0.462. The maximum absolute atomic E-state index is 12.2. The van der Waals surface area contributed by atoms with E-state index in [0.717, 1.165) is 17.5 Å². The molecule has 1 rings (SSSR count). The van der Waals surface area contributed by atoms with Gasteiger partial charge in [0.05, 0.1) is 0 Å². The van der Waals surface area contributed by atoms with Gasteiger partial charge in [-0.15, -0.1) is 0 Å². The molecule has 1 aromatic carbocycles. The van der Waals surface area contributed by atoms with Crippen molar-refractivity contribution < 1.29 is 4.79 Å². The van der Waals surface area contributed by atoms with Crippen LogP contribution < -0.4 is 5.73 Å². The van der Waals surface area contributed by atoms with Gasteiger partial charge in [0, 0.05) is 11.0 Å². The van der Waals surface area contributed by atoms with Crippen molar-refractivity contribution >= 4 is 5.78 Å². The van der Waals surface area contributed by atoms with Gasteiger partial charge in [-0.05, 0) is 26.0 Å². The second kappa shape index (κ2) is 4.58. The molecule has 2 heteroatoms. The third-order valence-electron chi connectivity index (χ3n) is 2.66. The van der Waals surface area contributed by atoms with Crippen LogP contribution >= 0.6 is 0 Å². The molecule has 0 aliphatic rings. The first-order valence-electron chi connectivity index (χ1n) is 5.29. The molecule has 0 fully saturated rings. The van der Waals surface area contributed by atoms with Gasteiger partial charge in [-0.2, -0.15) is 0 Å². The van der Waals surface area contributed by atoms with E-state index in [0.29, 0.717) is 6.54 Å². The predicted molar refractivity (Wildman–Crippen MR) is 63.0 cm³/mol. The predicted octanol–water partition coefficient (Wildman–Crippen LogP) is 2.55. The molecule has 0 saturated carbocycles. The largest absolute Gasteiger partial charge is 0.330 e. The van der Waals surface area contributed by atoms with E-state index >= 15 is 0 Å². The molecular weight excluding hydrogens is 186 g/mol. The van der Waals surface area contributed by atoms with Crippen LogP contribution in [0.4, 0.5) is 0 Å². The normalized spacial score (nSPS) is 11.5. The lowest BCUT2D eigenvalue weighted by Gasteiger charge is -2.22. The molecule has 0 amide bonds. The van der Waals surface area contributed by atoms with Gasteiger partial charge in [0.2, 0.25) is 0 Å². The maximum Gasteiger partial charge on any atom is 0.168 e. The van der Waals surface area contributed by atoms with Crippen molar-refractivity contribution in [3.05, 3.63) is 35.4 Å². The zero-order chi connectivity index (χ0) is 11.5. The number of rotatable bonds is 4. The van der Waals surface area contributed by atoms with Gasteiger partial charge in [0.1, 0.15) is 0 Å². The summed E-state index contributed by atoms with van der Waals surface area (Å²) in [4.78, 5) is 12.2. The third kappa shape index (κ3) is 2.90. The summed E-state index contributed by atoms with van der Waals surface area (Å²) in [5.41, 5.74) is 7.05. The fourth-order valence-corrected chi connectivity index (χ4v) is 1.65. The van der Waals surface area contributed by atoms with Gasteiger partial charge in [-0.3, -0.25) is 4.79 Å². The van der Waals surface area contributed by atoms with Gasteiger partial charge in [-0.1, -0.05) is 37.6 Å². The Balaban J connectivity index is 2.94. The molecule has 2 nitrogen and oxygen atoms in total. The highest BCUT2D eigenvalue weighted by atomic mass is 16.1. The van der Waals surface area contributed by atoms with Crippen molar-refractivity contribution in [2.24, 2.45) is 11.1 Å². The topological polar surface area (TPSA) is 43.1 Å². The van der Waals surface area contributed by atoms with Gasteiger partial charge in [0.25, 0.3) is 0 Å². The number of ketones is 1. The zero-order valence-corrected chi connectivity index (χ0v) is 9.71. The first-order chi connectivity index (χ1) is 6.97. The minimum absolute atomic E-state index is 0.177. The molecule has 0 unspecified atom stereocenters. The van der Waals surface area contributed by atoms with Crippen LogP contribution in [0.5, 0.6) is 0 Å². The minimum atomic E-state index is -0.359. The summed E-state index contributed by atoms with van der Waals surface area (Å²) >= 11 is 0. The molecule has 82 valence electrons. The van der Waals surface area contributed by atoms with Crippen molar-refractivity contribution in [2.45, 2.75) is 27.2 Å². The lowest BCUT2D eigenvalue weighted by Crippen LogP contribution is -2.27. The van der Waals surface area contributed by atoms with E-state index < -0.39 is 0 Å². The quantitative estimate of drug-likeness (QED) is 0.768. The van der Waals surface area contributed by atoms with Crippen LogP contribution in [-0.2, 0) is 0 Å². The average Bonchev–Trinajstić information content (AvgIpc) is 2.16. The SMILES string of the molecule is Cc1cccc(C(=O)C(C)(C)CCN)c1. The number of carbonyl (C=O) groups is 1. The summed E-state index contributed by atoms with van der Waals surface area (Å²) in [5.74, 6) is 0.177. The van der Waals surface area contributed by atoms with E-state index in [9.17, 15) is 4.79 Å². The van der Waals surface area contributed by atoms with Crippen LogP contribution in [0.2, 0.25) is 0 Å². The maximum atomic E-state index is 12.2. The molecule has 0 radical (unpaired) electrons. The Kier molecular flexibility index (Phi) is 3.64. The van der Waals surface area contributed by atoms with E-state index in [1.54, 1.807) is 0 Å². The average molecular weight is 205 g/mol. The number of hydrogen-bond acceptors (Lipinski definition) is 2. The van der Waals surface area contributed by atoms with E-state index in [1.807, 2.05) is 45.0 Å². The zero-order valence-electron chi connectivity index (χ0n) is 9.71. The lowest BCUT2D eigenvalue weighted by atomic mass is 9.81. The Morgan fingerprint density at radius 1 is 1.40 bits per heavy atom. The molecule has 0 spiro atoms. The second-order valence-electron chi connectivity index (χ2n) is 4.62. The number of Topliss-reactive ketones (excluding diaryl/α,β-unsaturated/α-hetero) is 1. The summed E-state index contributed by atoms with van der Waals surface area (Å²) in [6.45, 7) is 6.44. The van der Waals surface area contributed by atoms with Gasteiger partial charge < -0.3 is 5.73 Å². The van der Waals surface area contributed by atoms with E-state index in [1.165, 1.54) is 0 Å². The van der Waals surface area contributed by atoms with Gasteiger partial charge in [0.15, 0.2) is 5.78 Å². The lowest BCUT2D eigenvalue weighted by molar-refractivity contribution is 0.0829. The number of carbonyl (C=O) groups excluding carboxylic acids is 1. The number of nitrogens with two attached hydrogens (primary N) is 1. The standard InChI is InChI=1S/C13H19NO/c1-10-5-4-6-11(9-10)12(15)13(2,3)7-8-14/h4-6,9H,7-8,14H2,1-3H3. The molecule has 1 aromatic rings. The van der Waals surface area contributed by atoms with Crippen LogP contribution in [0.25, 0.3) is 0 Å². The van der Waals surface area contributed by atoms with Gasteiger partial charge >= 0.3 is 0 Å².